The number of nitrogens with zero attached hydrogens (tertiary/aromatic N) is 5. The molecule has 1 aromatic carbocycles. The third-order valence-corrected chi connectivity index (χ3v) is 4.97. The van der Waals surface area contributed by atoms with Crippen molar-refractivity contribution in [3.05, 3.63) is 48.6 Å². The summed E-state index contributed by atoms with van der Waals surface area (Å²) in [5.74, 6) is 1.83. The van der Waals surface area contributed by atoms with Crippen molar-refractivity contribution in [2.75, 3.05) is 29.9 Å². The Bertz CT molecular complexity index is 925. The zero-order valence-electron chi connectivity index (χ0n) is 16.2. The number of nitrogens with one attached hydrogen (secondary N) is 1. The van der Waals surface area contributed by atoms with Crippen LogP contribution in [0.2, 0.25) is 0 Å². The Balaban J connectivity index is 1.43. The van der Waals surface area contributed by atoms with Gasteiger partial charge in [-0.3, -0.25) is 0 Å². The van der Waals surface area contributed by atoms with E-state index in [1.807, 2.05) is 30.3 Å². The van der Waals surface area contributed by atoms with Gasteiger partial charge in [-0.1, -0.05) is 32.0 Å². The summed E-state index contributed by atoms with van der Waals surface area (Å²) < 4.78 is 5.69. The van der Waals surface area contributed by atoms with Gasteiger partial charge in [0.25, 0.3) is 0 Å². The zero-order valence-corrected chi connectivity index (χ0v) is 16.2. The smallest absolute Gasteiger partial charge is 0.230 e. The molecule has 8 nitrogen and oxygen atoms in total. The van der Waals surface area contributed by atoms with Crippen LogP contribution in [-0.2, 0) is 5.41 Å². The molecule has 146 valence electrons. The topological polar surface area (TPSA) is 106 Å². The molecular weight excluding hydrogens is 354 g/mol. The molecule has 1 unspecified atom stereocenters. The molecule has 3 heterocycles. The molecule has 0 saturated carbocycles. The van der Waals surface area contributed by atoms with Crippen molar-refractivity contribution in [2.45, 2.75) is 31.7 Å². The van der Waals surface area contributed by atoms with E-state index in [0.717, 1.165) is 30.8 Å². The third-order valence-electron chi connectivity index (χ3n) is 4.97. The van der Waals surface area contributed by atoms with Crippen molar-refractivity contribution in [2.24, 2.45) is 5.73 Å². The Hall–Kier alpha value is -3.00. The summed E-state index contributed by atoms with van der Waals surface area (Å²) >= 11 is 0. The number of oxazole rings is 1. The number of rotatable bonds is 6. The van der Waals surface area contributed by atoms with E-state index in [-0.39, 0.29) is 11.5 Å². The van der Waals surface area contributed by atoms with Crippen LogP contribution in [0.4, 0.5) is 11.9 Å². The van der Waals surface area contributed by atoms with Gasteiger partial charge in [-0.25, -0.2) is 15.0 Å². The predicted molar refractivity (Wildman–Crippen MR) is 108 cm³/mol. The van der Waals surface area contributed by atoms with Crippen LogP contribution >= 0.6 is 0 Å². The lowest BCUT2D eigenvalue weighted by atomic mass is 9.90. The van der Waals surface area contributed by atoms with Gasteiger partial charge in [0.1, 0.15) is 12.6 Å². The number of aromatic nitrogens is 4. The molecular formula is C20H25N7O. The van der Waals surface area contributed by atoms with Crippen LogP contribution in [0, 0.1) is 0 Å². The van der Waals surface area contributed by atoms with Crippen molar-refractivity contribution < 1.29 is 4.42 Å². The zero-order chi connectivity index (χ0) is 19.6. The minimum Gasteiger partial charge on any atom is -0.444 e. The summed E-state index contributed by atoms with van der Waals surface area (Å²) in [5.41, 5.74) is 7.55. The second kappa shape index (κ2) is 7.55. The monoisotopic (exact) mass is 379 g/mol. The van der Waals surface area contributed by atoms with E-state index in [1.165, 1.54) is 6.33 Å². The molecule has 1 saturated heterocycles. The normalized spacial score (nSPS) is 17.1. The van der Waals surface area contributed by atoms with Crippen molar-refractivity contribution in [1.29, 1.82) is 0 Å². The second-order valence-corrected chi connectivity index (χ2v) is 7.75. The summed E-state index contributed by atoms with van der Waals surface area (Å²) in [6.45, 7) is 6.46. The molecule has 0 aliphatic carbocycles. The third kappa shape index (κ3) is 3.96. The number of hydrogen-bond acceptors (Lipinski definition) is 8. The van der Waals surface area contributed by atoms with Crippen molar-refractivity contribution in [1.82, 2.24) is 19.9 Å². The maximum Gasteiger partial charge on any atom is 0.230 e. The Morgan fingerprint density at radius 2 is 2.04 bits per heavy atom. The first kappa shape index (κ1) is 18.4. The van der Waals surface area contributed by atoms with E-state index in [2.05, 4.69) is 44.0 Å². The molecule has 8 heteroatoms. The van der Waals surface area contributed by atoms with Crippen LogP contribution in [0.15, 0.2) is 47.3 Å². The number of hydrogen-bond donors (Lipinski definition) is 2. The first-order chi connectivity index (χ1) is 13.5. The highest BCUT2D eigenvalue weighted by atomic mass is 16.3. The number of benzene rings is 1. The Kier molecular flexibility index (Phi) is 4.95. The van der Waals surface area contributed by atoms with E-state index in [0.29, 0.717) is 24.3 Å². The quantitative estimate of drug-likeness (QED) is 0.673. The maximum absolute atomic E-state index is 5.98. The summed E-state index contributed by atoms with van der Waals surface area (Å²) in [4.78, 5) is 19.8. The molecule has 3 N–H and O–H groups in total. The predicted octanol–water partition coefficient (Wildman–Crippen LogP) is 2.45. The Labute approximate surface area is 164 Å². The van der Waals surface area contributed by atoms with Gasteiger partial charge in [0.05, 0.1) is 5.69 Å². The van der Waals surface area contributed by atoms with E-state index in [9.17, 15) is 0 Å². The molecule has 3 aromatic rings. The first-order valence-electron chi connectivity index (χ1n) is 9.46. The van der Waals surface area contributed by atoms with Crippen molar-refractivity contribution in [3.8, 4) is 11.5 Å². The molecule has 2 aromatic heterocycles. The number of anilines is 2. The molecule has 4 rings (SSSR count). The van der Waals surface area contributed by atoms with Gasteiger partial charge in [-0.05, 0) is 18.6 Å². The molecule has 1 atom stereocenters. The van der Waals surface area contributed by atoms with E-state index >= 15 is 0 Å². The molecule has 1 aliphatic heterocycles. The van der Waals surface area contributed by atoms with Crippen LogP contribution in [-0.4, -0.2) is 45.6 Å². The lowest BCUT2D eigenvalue weighted by Gasteiger charge is -2.22. The average Bonchev–Trinajstić information content (AvgIpc) is 3.37. The first-order valence-corrected chi connectivity index (χ1v) is 9.46. The molecule has 0 bridgehead atoms. The minimum absolute atomic E-state index is 0.179. The van der Waals surface area contributed by atoms with E-state index in [4.69, 9.17) is 10.2 Å². The minimum atomic E-state index is -0.265. The number of nitrogens with two attached hydrogens (primary N) is 1. The fourth-order valence-corrected chi connectivity index (χ4v) is 3.18. The molecule has 0 spiro atoms. The average molecular weight is 379 g/mol. The highest BCUT2D eigenvalue weighted by Gasteiger charge is 2.26. The maximum atomic E-state index is 5.98. The SMILES string of the molecule is CC(C)(CNc1ncnc(N2CCC(N)C2)n1)c1coc(-c2ccccc2)n1. The molecule has 28 heavy (non-hydrogen) atoms. The van der Waals surface area contributed by atoms with Gasteiger partial charge in [0.2, 0.25) is 17.8 Å². The largest absolute Gasteiger partial charge is 0.444 e. The molecule has 0 amide bonds. The molecule has 1 aliphatic rings. The lowest BCUT2D eigenvalue weighted by molar-refractivity contribution is 0.523. The van der Waals surface area contributed by atoms with Gasteiger partial charge < -0.3 is 20.4 Å². The summed E-state index contributed by atoms with van der Waals surface area (Å²) in [6.07, 6.45) is 4.21. The highest BCUT2D eigenvalue weighted by molar-refractivity contribution is 5.53. The summed E-state index contributed by atoms with van der Waals surface area (Å²) in [6, 6.07) is 10.1. The van der Waals surface area contributed by atoms with Crippen LogP contribution in [0.3, 0.4) is 0 Å². The fourth-order valence-electron chi connectivity index (χ4n) is 3.18. The van der Waals surface area contributed by atoms with Crippen molar-refractivity contribution in [3.63, 3.8) is 0 Å². The lowest BCUT2D eigenvalue weighted by Crippen LogP contribution is -2.30. The second-order valence-electron chi connectivity index (χ2n) is 7.75. The highest BCUT2D eigenvalue weighted by Crippen LogP contribution is 2.27. The van der Waals surface area contributed by atoms with Crippen molar-refractivity contribution >= 4 is 11.9 Å². The van der Waals surface area contributed by atoms with Crippen LogP contribution in [0.25, 0.3) is 11.5 Å². The van der Waals surface area contributed by atoms with E-state index < -0.39 is 0 Å². The van der Waals surface area contributed by atoms with Gasteiger partial charge in [-0.2, -0.15) is 4.98 Å². The summed E-state index contributed by atoms with van der Waals surface area (Å²) in [5, 5.41) is 3.31. The van der Waals surface area contributed by atoms with E-state index in [1.54, 1.807) is 6.26 Å². The van der Waals surface area contributed by atoms with Crippen LogP contribution in [0.5, 0.6) is 0 Å². The standard InChI is InChI=1S/C20H25N7O/c1-20(2,16-11-28-17(25-16)14-6-4-3-5-7-14)12-22-18-23-13-24-19(26-18)27-9-8-15(21)10-27/h3-7,11,13,15H,8-10,12,21H2,1-2H3,(H,22,23,24,26). The van der Waals surface area contributed by atoms with Gasteiger partial charge >= 0.3 is 0 Å². The fraction of sp³-hybridized carbons (Fsp3) is 0.400. The Morgan fingerprint density at radius 3 is 2.79 bits per heavy atom. The molecule has 0 radical (unpaired) electrons. The van der Waals surface area contributed by atoms with Crippen LogP contribution in [0.1, 0.15) is 26.0 Å². The van der Waals surface area contributed by atoms with Crippen LogP contribution < -0.4 is 16.0 Å². The van der Waals surface area contributed by atoms with Gasteiger partial charge in [0, 0.05) is 36.7 Å². The summed E-state index contributed by atoms with van der Waals surface area (Å²) in [7, 11) is 0. The van der Waals surface area contributed by atoms with Gasteiger partial charge in [0.15, 0.2) is 0 Å². The Morgan fingerprint density at radius 1 is 1.21 bits per heavy atom. The molecule has 1 fully saturated rings. The van der Waals surface area contributed by atoms with Gasteiger partial charge in [-0.15, -0.1) is 0 Å².